The van der Waals surface area contributed by atoms with Gasteiger partial charge >= 0.3 is 0 Å². The fourth-order valence-corrected chi connectivity index (χ4v) is 1.90. The number of Topliss-reactive ketones (excluding diaryl/α,β-unsaturated/α-hetero) is 1. The number of carbonyl (C=O) groups excluding carboxylic acids is 3. The molecule has 98 valence electrons. The van der Waals surface area contributed by atoms with Crippen LogP contribution in [0.1, 0.15) is 22.5 Å². The molecule has 1 aromatic rings. The molecule has 0 fully saturated rings. The van der Waals surface area contributed by atoms with Crippen LogP contribution < -0.4 is 5.32 Å². The first kappa shape index (κ1) is 14.4. The van der Waals surface area contributed by atoms with Crippen LogP contribution in [0.2, 0.25) is 0 Å². The van der Waals surface area contributed by atoms with E-state index in [-0.39, 0.29) is 37.0 Å². The molecule has 0 bridgehead atoms. The standard InChI is InChI=1S/C12H16N2O3S/c1-14(2)12(17)8-13-11(16)6-5-9(15)10-4-3-7-18-10/h3-4,7H,5-6,8H2,1-2H3,(H,13,16). The van der Waals surface area contributed by atoms with Gasteiger partial charge in [-0.1, -0.05) is 6.07 Å². The van der Waals surface area contributed by atoms with E-state index in [4.69, 9.17) is 0 Å². The van der Waals surface area contributed by atoms with Gasteiger partial charge < -0.3 is 10.2 Å². The van der Waals surface area contributed by atoms with Crippen molar-refractivity contribution >= 4 is 28.9 Å². The smallest absolute Gasteiger partial charge is 0.241 e. The van der Waals surface area contributed by atoms with Gasteiger partial charge in [-0.3, -0.25) is 14.4 Å². The molecule has 1 rings (SSSR count). The molecule has 2 amide bonds. The molecule has 18 heavy (non-hydrogen) atoms. The normalized spacial score (nSPS) is 9.89. The monoisotopic (exact) mass is 268 g/mol. The van der Waals surface area contributed by atoms with Crippen molar-refractivity contribution in [2.45, 2.75) is 12.8 Å². The van der Waals surface area contributed by atoms with Crippen molar-refractivity contribution in [3.8, 4) is 0 Å². The van der Waals surface area contributed by atoms with E-state index in [9.17, 15) is 14.4 Å². The van der Waals surface area contributed by atoms with Gasteiger partial charge in [0.1, 0.15) is 0 Å². The van der Waals surface area contributed by atoms with Crippen LogP contribution in [0.3, 0.4) is 0 Å². The van der Waals surface area contributed by atoms with Crippen LogP contribution in [-0.2, 0) is 9.59 Å². The fourth-order valence-electron chi connectivity index (χ4n) is 1.21. The number of likely N-dealkylation sites (N-methyl/N-ethyl adjacent to an activating group) is 1. The largest absolute Gasteiger partial charge is 0.347 e. The van der Waals surface area contributed by atoms with Gasteiger partial charge in [-0.15, -0.1) is 11.3 Å². The molecule has 0 radical (unpaired) electrons. The van der Waals surface area contributed by atoms with E-state index >= 15 is 0 Å². The Morgan fingerprint density at radius 2 is 2.00 bits per heavy atom. The van der Waals surface area contributed by atoms with E-state index in [1.165, 1.54) is 16.2 Å². The Labute approximate surface area is 110 Å². The van der Waals surface area contributed by atoms with Gasteiger partial charge in [0.25, 0.3) is 0 Å². The van der Waals surface area contributed by atoms with Gasteiger partial charge in [-0.05, 0) is 11.4 Å². The van der Waals surface area contributed by atoms with Crippen LogP contribution in [0.25, 0.3) is 0 Å². The number of hydrogen-bond donors (Lipinski definition) is 1. The summed E-state index contributed by atoms with van der Waals surface area (Å²) < 4.78 is 0. The maximum absolute atomic E-state index is 11.6. The van der Waals surface area contributed by atoms with E-state index in [0.717, 1.165) is 0 Å². The number of nitrogens with one attached hydrogen (secondary N) is 1. The Hall–Kier alpha value is -1.69. The summed E-state index contributed by atoms with van der Waals surface area (Å²) in [6, 6.07) is 3.54. The molecule has 1 aromatic heterocycles. The number of hydrogen-bond acceptors (Lipinski definition) is 4. The van der Waals surface area contributed by atoms with Crippen LogP contribution in [0.5, 0.6) is 0 Å². The van der Waals surface area contributed by atoms with Crippen molar-refractivity contribution in [3.05, 3.63) is 22.4 Å². The van der Waals surface area contributed by atoms with Crippen molar-refractivity contribution in [1.82, 2.24) is 10.2 Å². The average molecular weight is 268 g/mol. The summed E-state index contributed by atoms with van der Waals surface area (Å²) in [5.74, 6) is -0.498. The van der Waals surface area contributed by atoms with Gasteiger partial charge in [0.05, 0.1) is 11.4 Å². The second-order valence-corrected chi connectivity index (χ2v) is 4.91. The lowest BCUT2D eigenvalue weighted by atomic mass is 10.2. The molecule has 0 aliphatic carbocycles. The first-order valence-corrected chi connectivity index (χ1v) is 6.42. The molecule has 0 saturated heterocycles. The summed E-state index contributed by atoms with van der Waals surface area (Å²) in [6.45, 7) is -0.0287. The average Bonchev–Trinajstić information content (AvgIpc) is 2.86. The number of thiophene rings is 1. The van der Waals surface area contributed by atoms with Gasteiger partial charge in [0.2, 0.25) is 11.8 Å². The lowest BCUT2D eigenvalue weighted by molar-refractivity contribution is -0.130. The molecule has 0 saturated carbocycles. The van der Waals surface area contributed by atoms with Crippen LogP contribution >= 0.6 is 11.3 Å². The Morgan fingerprint density at radius 3 is 2.56 bits per heavy atom. The van der Waals surface area contributed by atoms with Crippen molar-refractivity contribution in [1.29, 1.82) is 0 Å². The Kier molecular flexibility index (Phi) is 5.51. The van der Waals surface area contributed by atoms with Crippen LogP contribution in [0, 0.1) is 0 Å². The van der Waals surface area contributed by atoms with Crippen molar-refractivity contribution in [2.24, 2.45) is 0 Å². The summed E-state index contributed by atoms with van der Waals surface area (Å²) >= 11 is 1.36. The topological polar surface area (TPSA) is 66.5 Å². The molecular weight excluding hydrogens is 252 g/mol. The predicted molar refractivity (Wildman–Crippen MR) is 69.6 cm³/mol. The first-order valence-electron chi connectivity index (χ1n) is 5.54. The number of amides is 2. The van der Waals surface area contributed by atoms with Gasteiger partial charge in [-0.25, -0.2) is 0 Å². The van der Waals surface area contributed by atoms with Gasteiger partial charge in [-0.2, -0.15) is 0 Å². The maximum atomic E-state index is 11.6. The first-order chi connectivity index (χ1) is 8.50. The second-order valence-electron chi connectivity index (χ2n) is 3.97. The van der Waals surface area contributed by atoms with Crippen molar-refractivity contribution in [3.63, 3.8) is 0 Å². The molecule has 0 aliphatic heterocycles. The molecule has 0 spiro atoms. The highest BCUT2D eigenvalue weighted by Gasteiger charge is 2.11. The molecule has 5 nitrogen and oxygen atoms in total. The third kappa shape index (κ3) is 4.67. The highest BCUT2D eigenvalue weighted by atomic mass is 32.1. The zero-order chi connectivity index (χ0) is 13.5. The van der Waals surface area contributed by atoms with Crippen LogP contribution in [0.15, 0.2) is 17.5 Å². The van der Waals surface area contributed by atoms with Gasteiger partial charge in [0, 0.05) is 26.9 Å². The summed E-state index contributed by atoms with van der Waals surface area (Å²) in [6.07, 6.45) is 0.278. The third-order valence-electron chi connectivity index (χ3n) is 2.31. The SMILES string of the molecule is CN(C)C(=O)CNC(=O)CCC(=O)c1cccs1. The zero-order valence-corrected chi connectivity index (χ0v) is 11.3. The van der Waals surface area contributed by atoms with E-state index in [1.807, 2.05) is 5.38 Å². The number of ketones is 1. The Morgan fingerprint density at radius 1 is 1.28 bits per heavy atom. The molecule has 0 atom stereocenters. The number of nitrogens with zero attached hydrogens (tertiary/aromatic N) is 1. The molecule has 0 unspecified atom stereocenters. The molecule has 0 aromatic carbocycles. The van der Waals surface area contributed by atoms with Crippen molar-refractivity contribution in [2.75, 3.05) is 20.6 Å². The molecule has 1 heterocycles. The minimum atomic E-state index is -0.282. The summed E-state index contributed by atoms with van der Waals surface area (Å²) in [5.41, 5.74) is 0. The van der Waals surface area contributed by atoms with Gasteiger partial charge in [0.15, 0.2) is 5.78 Å². The Balaban J connectivity index is 2.25. The lowest BCUT2D eigenvalue weighted by Gasteiger charge is -2.10. The van der Waals surface area contributed by atoms with E-state index in [2.05, 4.69) is 5.32 Å². The van der Waals surface area contributed by atoms with Crippen molar-refractivity contribution < 1.29 is 14.4 Å². The summed E-state index contributed by atoms with van der Waals surface area (Å²) in [5, 5.41) is 4.31. The number of carbonyl (C=O) groups is 3. The van der Waals surface area contributed by atoms with E-state index < -0.39 is 0 Å². The third-order valence-corrected chi connectivity index (χ3v) is 3.22. The Bertz CT molecular complexity index is 427. The fraction of sp³-hybridized carbons (Fsp3) is 0.417. The molecule has 0 aliphatic rings. The second kappa shape index (κ2) is 6.90. The van der Waals surface area contributed by atoms with E-state index in [0.29, 0.717) is 4.88 Å². The van der Waals surface area contributed by atoms with Crippen LogP contribution in [-0.4, -0.2) is 43.1 Å². The summed E-state index contributed by atoms with van der Waals surface area (Å²) in [7, 11) is 3.24. The summed E-state index contributed by atoms with van der Waals surface area (Å²) in [4.78, 5) is 36.3. The molecule has 1 N–H and O–H groups in total. The van der Waals surface area contributed by atoms with Crippen LogP contribution in [0.4, 0.5) is 0 Å². The minimum Gasteiger partial charge on any atom is -0.347 e. The lowest BCUT2D eigenvalue weighted by Crippen LogP contribution is -2.36. The predicted octanol–water partition coefficient (Wildman–Crippen LogP) is 0.915. The minimum absolute atomic E-state index is 0.0287. The van der Waals surface area contributed by atoms with E-state index in [1.54, 1.807) is 26.2 Å². The highest BCUT2D eigenvalue weighted by Crippen LogP contribution is 2.12. The quantitative estimate of drug-likeness (QED) is 0.780. The zero-order valence-electron chi connectivity index (χ0n) is 10.4. The molecule has 6 heteroatoms. The number of rotatable bonds is 6. The maximum Gasteiger partial charge on any atom is 0.241 e. The molecular formula is C12H16N2O3S. The highest BCUT2D eigenvalue weighted by molar-refractivity contribution is 7.12.